The van der Waals surface area contributed by atoms with Gasteiger partial charge in [-0.05, 0) is 37.9 Å². The summed E-state index contributed by atoms with van der Waals surface area (Å²) in [6, 6.07) is 8.04. The van der Waals surface area contributed by atoms with E-state index in [-0.39, 0.29) is 5.82 Å². The van der Waals surface area contributed by atoms with Gasteiger partial charge in [0.1, 0.15) is 5.82 Å². The molecule has 0 aromatic heterocycles. The largest absolute Gasteiger partial charge is 0.312 e. The summed E-state index contributed by atoms with van der Waals surface area (Å²) in [5.41, 5.74) is 1.08. The van der Waals surface area contributed by atoms with Crippen LogP contribution in [0, 0.1) is 11.2 Å². The maximum atomic E-state index is 13.9. The van der Waals surface area contributed by atoms with E-state index in [1.165, 1.54) is 19.3 Å². The average molecular weight is 292 g/mol. The van der Waals surface area contributed by atoms with Crippen LogP contribution in [0.15, 0.2) is 24.3 Å². The van der Waals surface area contributed by atoms with E-state index in [0.29, 0.717) is 24.0 Å². The molecule has 0 amide bonds. The smallest absolute Gasteiger partial charge is 0.127 e. The minimum Gasteiger partial charge on any atom is -0.312 e. The molecule has 0 spiro atoms. The Balaban J connectivity index is 2.12. The molecule has 1 aliphatic rings. The molecule has 2 rings (SSSR count). The van der Waals surface area contributed by atoms with Gasteiger partial charge >= 0.3 is 0 Å². The van der Waals surface area contributed by atoms with Crippen molar-refractivity contribution < 1.29 is 4.39 Å². The lowest BCUT2D eigenvalue weighted by atomic mass is 9.70. The highest BCUT2D eigenvalue weighted by Gasteiger charge is 2.40. The van der Waals surface area contributed by atoms with Crippen LogP contribution < -0.4 is 5.32 Å². The molecule has 0 heterocycles. The fourth-order valence-electron chi connectivity index (χ4n) is 3.73. The number of hydrogen-bond donors (Lipinski definition) is 1. The molecule has 1 fully saturated rings. The standard InChI is InChI=1S/C18H29FN2/c1-5-20-17-16(11-8-12-18(17,2)3)21(4)13-14-9-6-7-10-15(14)19/h6-7,9-10,16-17,20H,5,8,11-13H2,1-4H3. The molecule has 1 saturated carbocycles. The summed E-state index contributed by atoms with van der Waals surface area (Å²) < 4.78 is 13.9. The van der Waals surface area contributed by atoms with Crippen LogP contribution in [0.5, 0.6) is 0 Å². The van der Waals surface area contributed by atoms with E-state index < -0.39 is 0 Å². The van der Waals surface area contributed by atoms with Gasteiger partial charge in [-0.3, -0.25) is 4.90 Å². The van der Waals surface area contributed by atoms with Crippen molar-refractivity contribution in [3.63, 3.8) is 0 Å². The van der Waals surface area contributed by atoms with Crippen LogP contribution in [0.1, 0.15) is 45.6 Å². The van der Waals surface area contributed by atoms with Crippen molar-refractivity contribution in [2.75, 3.05) is 13.6 Å². The Morgan fingerprint density at radius 3 is 2.71 bits per heavy atom. The zero-order valence-corrected chi connectivity index (χ0v) is 13.8. The van der Waals surface area contributed by atoms with Crippen molar-refractivity contribution in [3.8, 4) is 0 Å². The first kappa shape index (κ1) is 16.4. The summed E-state index contributed by atoms with van der Waals surface area (Å²) in [6.45, 7) is 8.53. The van der Waals surface area contributed by atoms with Gasteiger partial charge in [0.15, 0.2) is 0 Å². The fourth-order valence-corrected chi connectivity index (χ4v) is 3.73. The quantitative estimate of drug-likeness (QED) is 0.887. The Labute approximate surface area is 128 Å². The number of nitrogens with zero attached hydrogens (tertiary/aromatic N) is 1. The molecule has 1 aliphatic carbocycles. The highest BCUT2D eigenvalue weighted by atomic mass is 19.1. The van der Waals surface area contributed by atoms with Crippen LogP contribution in [0.3, 0.4) is 0 Å². The van der Waals surface area contributed by atoms with Gasteiger partial charge in [-0.15, -0.1) is 0 Å². The van der Waals surface area contributed by atoms with E-state index >= 15 is 0 Å². The Morgan fingerprint density at radius 2 is 2.05 bits per heavy atom. The van der Waals surface area contributed by atoms with Crippen LogP contribution >= 0.6 is 0 Å². The SMILES string of the molecule is CCNC1C(N(C)Cc2ccccc2F)CCCC1(C)C. The summed E-state index contributed by atoms with van der Waals surface area (Å²) >= 11 is 0. The number of nitrogens with one attached hydrogen (secondary N) is 1. The Morgan fingerprint density at radius 1 is 1.33 bits per heavy atom. The summed E-state index contributed by atoms with van der Waals surface area (Å²) in [7, 11) is 2.13. The predicted octanol–water partition coefficient (Wildman–Crippen LogP) is 3.81. The van der Waals surface area contributed by atoms with Crippen molar-refractivity contribution in [1.29, 1.82) is 0 Å². The lowest BCUT2D eigenvalue weighted by molar-refractivity contribution is 0.0593. The molecule has 21 heavy (non-hydrogen) atoms. The maximum Gasteiger partial charge on any atom is 0.127 e. The first-order valence-corrected chi connectivity index (χ1v) is 8.12. The fraction of sp³-hybridized carbons (Fsp3) is 0.667. The molecular weight excluding hydrogens is 263 g/mol. The van der Waals surface area contributed by atoms with Gasteiger partial charge in [-0.25, -0.2) is 4.39 Å². The van der Waals surface area contributed by atoms with Gasteiger partial charge in [0, 0.05) is 24.2 Å². The van der Waals surface area contributed by atoms with Gasteiger partial charge in [0.25, 0.3) is 0 Å². The molecule has 118 valence electrons. The molecule has 2 nitrogen and oxygen atoms in total. The summed E-state index contributed by atoms with van der Waals surface area (Å²) in [4.78, 5) is 2.33. The van der Waals surface area contributed by atoms with E-state index in [1.807, 2.05) is 12.1 Å². The van der Waals surface area contributed by atoms with E-state index in [0.717, 1.165) is 12.1 Å². The predicted molar refractivity (Wildman–Crippen MR) is 86.8 cm³/mol. The van der Waals surface area contributed by atoms with Crippen LogP contribution in [0.4, 0.5) is 4.39 Å². The highest BCUT2D eigenvalue weighted by Crippen LogP contribution is 2.37. The molecule has 0 aliphatic heterocycles. The lowest BCUT2D eigenvalue weighted by Gasteiger charge is -2.48. The molecule has 3 heteroatoms. The molecule has 2 unspecified atom stereocenters. The zero-order chi connectivity index (χ0) is 15.5. The maximum absolute atomic E-state index is 13.9. The van der Waals surface area contributed by atoms with Gasteiger partial charge in [-0.2, -0.15) is 0 Å². The summed E-state index contributed by atoms with van der Waals surface area (Å²) in [6.07, 6.45) is 3.70. The molecule has 0 radical (unpaired) electrons. The first-order valence-electron chi connectivity index (χ1n) is 8.12. The monoisotopic (exact) mass is 292 g/mol. The Hall–Kier alpha value is -0.930. The Bertz CT molecular complexity index is 458. The van der Waals surface area contributed by atoms with E-state index in [9.17, 15) is 4.39 Å². The van der Waals surface area contributed by atoms with Crippen LogP contribution in [0.2, 0.25) is 0 Å². The minimum absolute atomic E-state index is 0.0978. The molecule has 1 N–H and O–H groups in total. The first-order chi connectivity index (χ1) is 9.95. The van der Waals surface area contributed by atoms with Crippen LogP contribution in [-0.2, 0) is 6.54 Å². The molecule has 0 bridgehead atoms. The second-order valence-electron chi connectivity index (χ2n) is 6.99. The normalized spacial score (nSPS) is 25.2. The Kier molecular flexibility index (Phi) is 5.39. The second-order valence-corrected chi connectivity index (χ2v) is 6.99. The molecule has 0 saturated heterocycles. The average Bonchev–Trinajstić information content (AvgIpc) is 2.43. The zero-order valence-electron chi connectivity index (χ0n) is 13.8. The van der Waals surface area contributed by atoms with Crippen molar-refractivity contribution >= 4 is 0 Å². The molecule has 2 atom stereocenters. The third-order valence-electron chi connectivity index (χ3n) is 4.92. The van der Waals surface area contributed by atoms with Gasteiger partial charge in [0.05, 0.1) is 0 Å². The lowest BCUT2D eigenvalue weighted by Crippen LogP contribution is -2.57. The highest BCUT2D eigenvalue weighted by molar-refractivity contribution is 5.17. The van der Waals surface area contributed by atoms with Crippen molar-refractivity contribution in [2.45, 2.75) is 58.7 Å². The number of likely N-dealkylation sites (N-methyl/N-ethyl adjacent to an activating group) is 2. The van der Waals surface area contributed by atoms with E-state index in [4.69, 9.17) is 0 Å². The second kappa shape index (κ2) is 6.89. The van der Waals surface area contributed by atoms with Gasteiger partial charge in [0.2, 0.25) is 0 Å². The van der Waals surface area contributed by atoms with Crippen molar-refractivity contribution in [1.82, 2.24) is 10.2 Å². The van der Waals surface area contributed by atoms with E-state index in [1.54, 1.807) is 12.1 Å². The molecular formula is C18H29FN2. The van der Waals surface area contributed by atoms with Crippen molar-refractivity contribution in [2.24, 2.45) is 5.41 Å². The number of hydrogen-bond acceptors (Lipinski definition) is 2. The third kappa shape index (κ3) is 3.83. The third-order valence-corrected chi connectivity index (χ3v) is 4.92. The number of rotatable bonds is 5. The topological polar surface area (TPSA) is 15.3 Å². The summed E-state index contributed by atoms with van der Waals surface area (Å²) in [5.74, 6) is -0.0978. The van der Waals surface area contributed by atoms with Gasteiger partial charge < -0.3 is 5.32 Å². The van der Waals surface area contributed by atoms with E-state index in [2.05, 4.69) is 38.0 Å². The number of halogens is 1. The van der Waals surface area contributed by atoms with Crippen LogP contribution in [0.25, 0.3) is 0 Å². The van der Waals surface area contributed by atoms with Crippen molar-refractivity contribution in [3.05, 3.63) is 35.6 Å². The number of benzene rings is 1. The van der Waals surface area contributed by atoms with Crippen LogP contribution in [-0.4, -0.2) is 30.6 Å². The summed E-state index contributed by atoms with van der Waals surface area (Å²) in [5, 5.41) is 3.67. The van der Waals surface area contributed by atoms with Gasteiger partial charge in [-0.1, -0.05) is 45.4 Å². The molecule has 1 aromatic rings. The minimum atomic E-state index is -0.0978. The molecule has 1 aromatic carbocycles.